The molecule has 190 valence electrons. The lowest BCUT2D eigenvalue weighted by Crippen LogP contribution is -2.50. The maximum absolute atomic E-state index is 13.5. The lowest BCUT2D eigenvalue weighted by Gasteiger charge is -2.33. The maximum atomic E-state index is 13.5. The largest absolute Gasteiger partial charge is 0.383 e. The van der Waals surface area contributed by atoms with Crippen LogP contribution in [-0.2, 0) is 9.53 Å². The number of carbonyl (C=O) groups is 2. The summed E-state index contributed by atoms with van der Waals surface area (Å²) in [5.41, 5.74) is 6.05. The summed E-state index contributed by atoms with van der Waals surface area (Å²) >= 11 is 1.45. The van der Waals surface area contributed by atoms with Crippen molar-refractivity contribution >= 4 is 23.2 Å². The zero-order valence-electron chi connectivity index (χ0n) is 20.6. The first-order chi connectivity index (χ1) is 16.5. The molecule has 2 atom stereocenters. The molecule has 8 heteroatoms. The van der Waals surface area contributed by atoms with Gasteiger partial charge in [-0.1, -0.05) is 25.3 Å². The molecular formula is C26H42N4O3S. The van der Waals surface area contributed by atoms with Gasteiger partial charge in [0, 0.05) is 44.9 Å². The van der Waals surface area contributed by atoms with E-state index < -0.39 is 6.04 Å². The molecule has 34 heavy (non-hydrogen) atoms. The van der Waals surface area contributed by atoms with E-state index in [9.17, 15) is 9.59 Å². The van der Waals surface area contributed by atoms with Crippen LogP contribution in [0.3, 0.4) is 0 Å². The minimum absolute atomic E-state index is 0.00256. The molecule has 1 saturated heterocycles. The van der Waals surface area contributed by atoms with Gasteiger partial charge in [0.05, 0.1) is 11.5 Å². The lowest BCUT2D eigenvalue weighted by atomic mass is 9.88. The minimum atomic E-state index is -0.424. The zero-order valence-corrected chi connectivity index (χ0v) is 21.4. The van der Waals surface area contributed by atoms with Crippen LogP contribution in [0, 0.1) is 5.92 Å². The maximum Gasteiger partial charge on any atom is 0.264 e. The Bertz CT molecular complexity index is 775. The number of carbonyl (C=O) groups excluding carboxylic acids is 2. The Labute approximate surface area is 208 Å². The van der Waals surface area contributed by atoms with Gasteiger partial charge < -0.3 is 20.7 Å². The Kier molecular flexibility index (Phi) is 9.39. The summed E-state index contributed by atoms with van der Waals surface area (Å²) in [7, 11) is 1.74. The quantitative estimate of drug-likeness (QED) is 0.555. The van der Waals surface area contributed by atoms with Gasteiger partial charge in [-0.2, -0.15) is 0 Å². The van der Waals surface area contributed by atoms with Crippen molar-refractivity contribution in [2.75, 3.05) is 33.4 Å². The smallest absolute Gasteiger partial charge is 0.264 e. The predicted molar refractivity (Wildman–Crippen MR) is 136 cm³/mol. The number of nitrogens with one attached hydrogen (secondary N) is 1. The first-order valence-corrected chi connectivity index (χ1v) is 14.1. The fraction of sp³-hybridized carbons (Fsp3) is 0.769. The second kappa shape index (κ2) is 12.5. The molecule has 2 saturated carbocycles. The van der Waals surface area contributed by atoms with Crippen LogP contribution in [0.2, 0.25) is 0 Å². The summed E-state index contributed by atoms with van der Waals surface area (Å²) in [5, 5.41) is 5.19. The second-order valence-electron chi connectivity index (χ2n) is 10.5. The Balaban J connectivity index is 1.47. The van der Waals surface area contributed by atoms with Gasteiger partial charge in [-0.25, -0.2) is 0 Å². The Hall–Kier alpha value is -1.48. The molecule has 4 rings (SSSR count). The number of ether oxygens (including phenoxy) is 1. The van der Waals surface area contributed by atoms with E-state index in [2.05, 4.69) is 10.2 Å². The molecule has 1 aliphatic heterocycles. The molecule has 0 spiro atoms. The van der Waals surface area contributed by atoms with Crippen molar-refractivity contribution in [3.05, 3.63) is 22.4 Å². The van der Waals surface area contributed by atoms with Crippen LogP contribution < -0.4 is 11.1 Å². The van der Waals surface area contributed by atoms with Crippen LogP contribution in [0.4, 0.5) is 0 Å². The van der Waals surface area contributed by atoms with Crippen LogP contribution >= 0.6 is 11.3 Å². The molecule has 1 aromatic rings. The number of nitrogens with two attached hydrogens (primary N) is 1. The van der Waals surface area contributed by atoms with E-state index in [1.165, 1.54) is 43.4 Å². The van der Waals surface area contributed by atoms with Crippen LogP contribution in [-0.4, -0.2) is 79.1 Å². The van der Waals surface area contributed by atoms with Crippen molar-refractivity contribution in [2.24, 2.45) is 11.7 Å². The standard InChI is InChI=1S/C26H42N4O3S/c1-33-14-13-29(17-19-6-3-2-4-7-19)22-16-23(25(31)28-21-11-9-20(27)10-12-21)30(18-22)26(32)24-8-5-15-34-24/h5,8,15,19-23H,2-4,6-7,9-14,16-18,27H2,1H3,(H,28,31). The summed E-state index contributed by atoms with van der Waals surface area (Å²) in [6.45, 7) is 3.14. The molecule has 7 nitrogen and oxygen atoms in total. The highest BCUT2D eigenvalue weighted by Crippen LogP contribution is 2.30. The molecule has 2 aliphatic carbocycles. The van der Waals surface area contributed by atoms with Gasteiger partial charge in [0.2, 0.25) is 5.91 Å². The van der Waals surface area contributed by atoms with E-state index >= 15 is 0 Å². The van der Waals surface area contributed by atoms with Gasteiger partial charge in [0.25, 0.3) is 5.91 Å². The van der Waals surface area contributed by atoms with Gasteiger partial charge in [-0.3, -0.25) is 14.5 Å². The van der Waals surface area contributed by atoms with E-state index in [0.29, 0.717) is 30.4 Å². The number of hydrogen-bond donors (Lipinski definition) is 2. The molecule has 3 fully saturated rings. The average Bonchev–Trinajstić information content (AvgIpc) is 3.54. The van der Waals surface area contributed by atoms with E-state index in [1.54, 1.807) is 7.11 Å². The van der Waals surface area contributed by atoms with Gasteiger partial charge in [0.15, 0.2) is 0 Å². The third kappa shape index (κ3) is 6.59. The fourth-order valence-corrected chi connectivity index (χ4v) is 6.67. The SMILES string of the molecule is COCCN(CC1CCCCC1)C1CC(C(=O)NC2CCC(N)CC2)N(C(=O)c2cccs2)C1. The number of hydrogen-bond acceptors (Lipinski definition) is 6. The van der Waals surface area contributed by atoms with E-state index in [0.717, 1.165) is 38.8 Å². The number of amides is 2. The Morgan fingerprint density at radius 2 is 1.94 bits per heavy atom. The van der Waals surface area contributed by atoms with Crippen molar-refractivity contribution in [3.63, 3.8) is 0 Å². The average molecular weight is 491 g/mol. The van der Waals surface area contributed by atoms with E-state index in [4.69, 9.17) is 10.5 Å². The van der Waals surface area contributed by atoms with Crippen molar-refractivity contribution in [2.45, 2.75) is 88.4 Å². The van der Waals surface area contributed by atoms with Crippen LogP contribution in [0.1, 0.15) is 73.9 Å². The summed E-state index contributed by atoms with van der Waals surface area (Å²) < 4.78 is 5.43. The minimum Gasteiger partial charge on any atom is -0.383 e. The fourth-order valence-electron chi connectivity index (χ4n) is 5.99. The van der Waals surface area contributed by atoms with Crippen molar-refractivity contribution in [1.29, 1.82) is 0 Å². The van der Waals surface area contributed by atoms with Crippen LogP contribution in [0.15, 0.2) is 17.5 Å². The number of likely N-dealkylation sites (tertiary alicyclic amines) is 1. The van der Waals surface area contributed by atoms with Crippen molar-refractivity contribution in [1.82, 2.24) is 15.1 Å². The molecular weight excluding hydrogens is 448 g/mol. The first kappa shape index (κ1) is 25.6. The predicted octanol–water partition coefficient (Wildman–Crippen LogP) is 3.25. The number of methoxy groups -OCH3 is 1. The van der Waals surface area contributed by atoms with E-state index in [-0.39, 0.29) is 29.9 Å². The van der Waals surface area contributed by atoms with Crippen molar-refractivity contribution in [3.8, 4) is 0 Å². The summed E-state index contributed by atoms with van der Waals surface area (Å²) in [6, 6.07) is 3.93. The number of nitrogens with zero attached hydrogens (tertiary/aromatic N) is 2. The van der Waals surface area contributed by atoms with Gasteiger partial charge in [0.1, 0.15) is 6.04 Å². The summed E-state index contributed by atoms with van der Waals surface area (Å²) in [6.07, 6.45) is 10.9. The zero-order chi connectivity index (χ0) is 23.9. The highest BCUT2D eigenvalue weighted by molar-refractivity contribution is 7.12. The monoisotopic (exact) mass is 490 g/mol. The van der Waals surface area contributed by atoms with Gasteiger partial charge in [-0.05, 0) is 62.3 Å². The highest BCUT2D eigenvalue weighted by Gasteiger charge is 2.43. The molecule has 2 amide bonds. The molecule has 0 bridgehead atoms. The molecule has 3 aliphatic rings. The Morgan fingerprint density at radius 3 is 2.62 bits per heavy atom. The lowest BCUT2D eigenvalue weighted by molar-refractivity contribution is -0.125. The van der Waals surface area contributed by atoms with Crippen LogP contribution in [0.25, 0.3) is 0 Å². The van der Waals surface area contributed by atoms with Gasteiger partial charge in [-0.15, -0.1) is 11.3 Å². The van der Waals surface area contributed by atoms with Crippen molar-refractivity contribution < 1.29 is 14.3 Å². The second-order valence-corrected chi connectivity index (χ2v) is 11.4. The normalized spacial score (nSPS) is 28.4. The first-order valence-electron chi connectivity index (χ1n) is 13.2. The number of rotatable bonds is 9. The third-order valence-corrected chi connectivity index (χ3v) is 8.87. The molecule has 2 heterocycles. The summed E-state index contributed by atoms with van der Waals surface area (Å²) in [4.78, 5) is 31.9. The number of thiophene rings is 1. The highest BCUT2D eigenvalue weighted by atomic mass is 32.1. The van der Waals surface area contributed by atoms with Crippen LogP contribution in [0.5, 0.6) is 0 Å². The topological polar surface area (TPSA) is 87.9 Å². The van der Waals surface area contributed by atoms with E-state index in [1.807, 2.05) is 22.4 Å². The molecule has 0 aromatic carbocycles. The molecule has 3 N–H and O–H groups in total. The molecule has 2 unspecified atom stereocenters. The Morgan fingerprint density at radius 1 is 1.18 bits per heavy atom. The molecule has 1 aromatic heterocycles. The molecule has 0 radical (unpaired) electrons. The third-order valence-electron chi connectivity index (χ3n) is 8.01. The summed E-state index contributed by atoms with van der Waals surface area (Å²) in [5.74, 6) is 0.677. The van der Waals surface area contributed by atoms with Gasteiger partial charge >= 0.3 is 0 Å².